The summed E-state index contributed by atoms with van der Waals surface area (Å²) in [5.74, 6) is 2.36. The lowest BCUT2D eigenvalue weighted by Gasteiger charge is -2.10. The van der Waals surface area contributed by atoms with E-state index in [0.29, 0.717) is 13.0 Å². The highest BCUT2D eigenvalue weighted by Gasteiger charge is 2.04. The van der Waals surface area contributed by atoms with Gasteiger partial charge in [0.05, 0.1) is 0 Å². The third-order valence-electron chi connectivity index (χ3n) is 1.27. The van der Waals surface area contributed by atoms with Crippen LogP contribution in [-0.2, 0) is 9.53 Å². The fourth-order valence-electron chi connectivity index (χ4n) is 0.739. The highest BCUT2D eigenvalue weighted by atomic mass is 16.5. The molecule has 0 aromatic carbocycles. The molecule has 1 N–H and O–H groups in total. The Labute approximate surface area is 73.5 Å². The highest BCUT2D eigenvalue weighted by Crippen LogP contribution is 1.87. The van der Waals surface area contributed by atoms with E-state index in [4.69, 9.17) is 11.2 Å². The maximum atomic E-state index is 11.0. The van der Waals surface area contributed by atoms with Gasteiger partial charge in [-0.3, -0.25) is 4.79 Å². The minimum atomic E-state index is -0.111. The molecule has 0 spiro atoms. The van der Waals surface area contributed by atoms with Gasteiger partial charge in [0, 0.05) is 19.1 Å². The van der Waals surface area contributed by atoms with Crippen molar-refractivity contribution < 1.29 is 9.53 Å². The van der Waals surface area contributed by atoms with Crippen molar-refractivity contribution in [1.82, 2.24) is 5.32 Å². The van der Waals surface area contributed by atoms with Gasteiger partial charge in [-0.2, -0.15) is 0 Å². The number of terminal acetylenes is 1. The number of hydrogen-bond donors (Lipinski definition) is 1. The van der Waals surface area contributed by atoms with E-state index in [2.05, 4.69) is 11.2 Å². The van der Waals surface area contributed by atoms with Crippen LogP contribution in [0.25, 0.3) is 0 Å². The molecule has 1 unspecified atom stereocenters. The Hall–Kier alpha value is -1.01. The second-order valence-electron chi connectivity index (χ2n) is 2.51. The molecule has 3 heteroatoms. The summed E-state index contributed by atoms with van der Waals surface area (Å²) in [4.78, 5) is 11.0. The summed E-state index contributed by atoms with van der Waals surface area (Å²) in [5.41, 5.74) is 0. The van der Waals surface area contributed by atoms with Crippen molar-refractivity contribution in [3.05, 3.63) is 0 Å². The van der Waals surface area contributed by atoms with E-state index in [9.17, 15) is 4.79 Å². The monoisotopic (exact) mass is 169 g/mol. The van der Waals surface area contributed by atoms with Crippen molar-refractivity contribution in [1.29, 1.82) is 0 Å². The number of hydrogen-bond acceptors (Lipinski definition) is 2. The average molecular weight is 169 g/mol. The van der Waals surface area contributed by atoms with Crippen molar-refractivity contribution in [2.45, 2.75) is 26.3 Å². The van der Waals surface area contributed by atoms with Gasteiger partial charge in [0.1, 0.15) is 6.61 Å². The van der Waals surface area contributed by atoms with Crippen LogP contribution in [0.2, 0.25) is 0 Å². The lowest BCUT2D eigenvalue weighted by molar-refractivity contribution is -0.126. The molecule has 1 atom stereocenters. The standard InChI is InChI=1S/C9H15NO2/c1-4-6-8(3)10-9(11)7-12-5-2/h1,8H,5-7H2,2-3H3,(H,10,11). The van der Waals surface area contributed by atoms with Crippen LogP contribution in [0, 0.1) is 12.3 Å². The van der Waals surface area contributed by atoms with Crippen LogP contribution in [0.3, 0.4) is 0 Å². The molecule has 0 bridgehead atoms. The number of ether oxygens (including phenoxy) is 1. The molecule has 0 aliphatic carbocycles. The number of nitrogens with one attached hydrogen (secondary N) is 1. The minimum absolute atomic E-state index is 0.0305. The van der Waals surface area contributed by atoms with E-state index in [0.717, 1.165) is 0 Å². The number of rotatable bonds is 5. The molecule has 0 radical (unpaired) electrons. The quantitative estimate of drug-likeness (QED) is 0.610. The van der Waals surface area contributed by atoms with Crippen LogP contribution in [0.1, 0.15) is 20.3 Å². The Morgan fingerprint density at radius 3 is 2.92 bits per heavy atom. The predicted molar refractivity (Wildman–Crippen MR) is 47.5 cm³/mol. The zero-order valence-corrected chi connectivity index (χ0v) is 7.59. The minimum Gasteiger partial charge on any atom is -0.372 e. The van der Waals surface area contributed by atoms with Crippen molar-refractivity contribution in [2.24, 2.45) is 0 Å². The van der Waals surface area contributed by atoms with Gasteiger partial charge in [-0.15, -0.1) is 12.3 Å². The van der Waals surface area contributed by atoms with Crippen LogP contribution in [0.5, 0.6) is 0 Å². The molecular formula is C9H15NO2. The second kappa shape index (κ2) is 6.68. The highest BCUT2D eigenvalue weighted by molar-refractivity contribution is 5.77. The first kappa shape index (κ1) is 11.0. The zero-order valence-electron chi connectivity index (χ0n) is 7.59. The molecule has 0 aromatic rings. The van der Waals surface area contributed by atoms with Crippen molar-refractivity contribution in [2.75, 3.05) is 13.2 Å². The fraction of sp³-hybridized carbons (Fsp3) is 0.667. The van der Waals surface area contributed by atoms with E-state index in [-0.39, 0.29) is 18.6 Å². The lowest BCUT2D eigenvalue weighted by Crippen LogP contribution is -2.34. The van der Waals surface area contributed by atoms with E-state index >= 15 is 0 Å². The van der Waals surface area contributed by atoms with Crippen LogP contribution < -0.4 is 5.32 Å². The van der Waals surface area contributed by atoms with E-state index in [1.807, 2.05) is 13.8 Å². The number of carbonyl (C=O) groups excluding carboxylic acids is 1. The maximum absolute atomic E-state index is 11.0. The topological polar surface area (TPSA) is 38.3 Å². The Morgan fingerprint density at radius 2 is 2.42 bits per heavy atom. The fourth-order valence-corrected chi connectivity index (χ4v) is 0.739. The molecule has 0 heterocycles. The Morgan fingerprint density at radius 1 is 1.75 bits per heavy atom. The molecule has 0 aliphatic rings. The normalized spacial score (nSPS) is 11.8. The Balaban J connectivity index is 3.48. The van der Waals surface area contributed by atoms with Crippen LogP contribution in [0.15, 0.2) is 0 Å². The van der Waals surface area contributed by atoms with Crippen LogP contribution >= 0.6 is 0 Å². The van der Waals surface area contributed by atoms with Crippen LogP contribution in [0.4, 0.5) is 0 Å². The van der Waals surface area contributed by atoms with E-state index < -0.39 is 0 Å². The van der Waals surface area contributed by atoms with Crippen molar-refractivity contribution in [3.8, 4) is 12.3 Å². The Kier molecular flexibility index (Phi) is 6.12. The summed E-state index contributed by atoms with van der Waals surface area (Å²) in [6, 6.07) is 0.0305. The molecule has 0 saturated carbocycles. The summed E-state index contributed by atoms with van der Waals surface area (Å²) in [6.07, 6.45) is 5.63. The van der Waals surface area contributed by atoms with Gasteiger partial charge >= 0.3 is 0 Å². The average Bonchev–Trinajstić information content (AvgIpc) is 2.01. The molecule has 0 aromatic heterocycles. The molecule has 0 fully saturated rings. The smallest absolute Gasteiger partial charge is 0.246 e. The first-order valence-corrected chi connectivity index (χ1v) is 4.01. The molecule has 0 saturated heterocycles. The molecule has 0 rings (SSSR count). The van der Waals surface area contributed by atoms with Gasteiger partial charge in [-0.1, -0.05) is 0 Å². The van der Waals surface area contributed by atoms with Crippen molar-refractivity contribution in [3.63, 3.8) is 0 Å². The lowest BCUT2D eigenvalue weighted by atomic mass is 10.2. The van der Waals surface area contributed by atoms with Gasteiger partial charge < -0.3 is 10.1 Å². The maximum Gasteiger partial charge on any atom is 0.246 e. The Bertz CT molecular complexity index is 172. The van der Waals surface area contributed by atoms with E-state index in [1.165, 1.54) is 0 Å². The first-order chi connectivity index (χ1) is 5.70. The predicted octanol–water partition coefficient (Wildman–Crippen LogP) is 0.551. The van der Waals surface area contributed by atoms with Gasteiger partial charge in [0.25, 0.3) is 0 Å². The first-order valence-electron chi connectivity index (χ1n) is 4.01. The molecule has 1 amide bonds. The van der Waals surface area contributed by atoms with Gasteiger partial charge in [0.2, 0.25) is 5.91 Å². The third-order valence-corrected chi connectivity index (χ3v) is 1.27. The summed E-state index contributed by atoms with van der Waals surface area (Å²) in [6.45, 7) is 4.38. The zero-order chi connectivity index (χ0) is 9.40. The van der Waals surface area contributed by atoms with E-state index in [1.54, 1.807) is 0 Å². The van der Waals surface area contributed by atoms with Gasteiger partial charge in [-0.05, 0) is 13.8 Å². The SMILES string of the molecule is C#CCC(C)NC(=O)COCC. The van der Waals surface area contributed by atoms with Crippen molar-refractivity contribution >= 4 is 5.91 Å². The number of carbonyl (C=O) groups is 1. The number of amides is 1. The summed E-state index contributed by atoms with van der Waals surface area (Å²) in [7, 11) is 0. The summed E-state index contributed by atoms with van der Waals surface area (Å²) >= 11 is 0. The summed E-state index contributed by atoms with van der Waals surface area (Å²) in [5, 5.41) is 2.71. The molecule has 3 nitrogen and oxygen atoms in total. The van der Waals surface area contributed by atoms with Gasteiger partial charge in [-0.25, -0.2) is 0 Å². The second-order valence-corrected chi connectivity index (χ2v) is 2.51. The molecular weight excluding hydrogens is 154 g/mol. The van der Waals surface area contributed by atoms with Crippen LogP contribution in [-0.4, -0.2) is 25.2 Å². The molecule has 0 aliphatic heterocycles. The largest absolute Gasteiger partial charge is 0.372 e. The molecule has 12 heavy (non-hydrogen) atoms. The molecule has 68 valence electrons. The third kappa shape index (κ3) is 5.75. The van der Waals surface area contributed by atoms with Gasteiger partial charge in [0.15, 0.2) is 0 Å². The summed E-state index contributed by atoms with van der Waals surface area (Å²) < 4.78 is 4.91.